The molecular weight excluding hydrogens is 262 g/mol. The van der Waals surface area contributed by atoms with Crippen molar-refractivity contribution in [1.29, 1.82) is 0 Å². The second-order valence-electron chi connectivity index (χ2n) is 5.27. The maximum Gasteiger partial charge on any atom is 0.272 e. The lowest BCUT2D eigenvalue weighted by atomic mass is 10.1. The van der Waals surface area contributed by atoms with Crippen LogP contribution < -0.4 is 11.1 Å². The van der Waals surface area contributed by atoms with Gasteiger partial charge < -0.3 is 15.6 Å². The highest BCUT2D eigenvalue weighted by Gasteiger charge is 2.15. The van der Waals surface area contributed by atoms with Crippen LogP contribution in [0.1, 0.15) is 41.9 Å². The summed E-state index contributed by atoms with van der Waals surface area (Å²) in [4.78, 5) is 12.6. The van der Waals surface area contributed by atoms with Gasteiger partial charge in [-0.15, -0.1) is 0 Å². The van der Waals surface area contributed by atoms with E-state index in [9.17, 15) is 4.79 Å². The molecule has 0 bridgehead atoms. The number of benzene rings is 1. The van der Waals surface area contributed by atoms with Crippen molar-refractivity contribution in [2.45, 2.75) is 40.2 Å². The molecule has 0 aliphatic carbocycles. The number of para-hydroxylation sites is 1. The number of rotatable bonds is 5. The maximum atomic E-state index is 12.6. The molecular formula is C17H23N3O. The first-order chi connectivity index (χ1) is 10.1. The quantitative estimate of drug-likeness (QED) is 0.881. The number of amides is 1. The van der Waals surface area contributed by atoms with Crippen LogP contribution in [0.25, 0.3) is 0 Å². The standard InChI is InChI=1S/C17H23N3O/c1-4-9-20-11-14(18)10-15(20)17(21)19-16-12(3)7-6-8-13(16)5-2/h6-8,10-11H,4-5,9,18H2,1-3H3,(H,19,21). The Morgan fingerprint density at radius 3 is 2.76 bits per heavy atom. The summed E-state index contributed by atoms with van der Waals surface area (Å²) in [5.41, 5.74) is 10.2. The molecule has 1 amide bonds. The molecule has 21 heavy (non-hydrogen) atoms. The smallest absolute Gasteiger partial charge is 0.272 e. The van der Waals surface area contributed by atoms with Gasteiger partial charge in [-0.05, 0) is 37.0 Å². The van der Waals surface area contributed by atoms with Crippen LogP contribution in [-0.4, -0.2) is 10.5 Å². The van der Waals surface area contributed by atoms with E-state index < -0.39 is 0 Å². The van der Waals surface area contributed by atoms with Gasteiger partial charge in [-0.25, -0.2) is 0 Å². The van der Waals surface area contributed by atoms with Gasteiger partial charge in [0.1, 0.15) is 5.69 Å². The molecule has 2 aromatic rings. The number of hydrogen-bond donors (Lipinski definition) is 2. The molecule has 0 aliphatic rings. The molecule has 0 unspecified atom stereocenters. The van der Waals surface area contributed by atoms with E-state index in [4.69, 9.17) is 5.73 Å². The number of nitrogens with two attached hydrogens (primary N) is 1. The summed E-state index contributed by atoms with van der Waals surface area (Å²) in [6.07, 6.45) is 3.66. The van der Waals surface area contributed by atoms with Gasteiger partial charge >= 0.3 is 0 Å². The van der Waals surface area contributed by atoms with Gasteiger partial charge in [-0.1, -0.05) is 32.0 Å². The molecule has 4 nitrogen and oxygen atoms in total. The first kappa shape index (κ1) is 15.2. The van der Waals surface area contributed by atoms with E-state index >= 15 is 0 Å². The minimum atomic E-state index is -0.107. The second-order valence-corrected chi connectivity index (χ2v) is 5.27. The van der Waals surface area contributed by atoms with E-state index in [1.54, 1.807) is 6.07 Å². The summed E-state index contributed by atoms with van der Waals surface area (Å²) < 4.78 is 1.91. The SMILES string of the molecule is CCCn1cc(N)cc1C(=O)Nc1c(C)cccc1CC. The summed E-state index contributed by atoms with van der Waals surface area (Å²) in [6.45, 7) is 6.96. The Morgan fingerprint density at radius 2 is 2.10 bits per heavy atom. The molecule has 1 aromatic carbocycles. The van der Waals surface area contributed by atoms with E-state index in [0.29, 0.717) is 11.4 Å². The number of nitrogen functional groups attached to an aromatic ring is 1. The van der Waals surface area contributed by atoms with E-state index in [0.717, 1.165) is 36.2 Å². The maximum absolute atomic E-state index is 12.6. The third-order valence-corrected chi connectivity index (χ3v) is 3.59. The summed E-state index contributed by atoms with van der Waals surface area (Å²) in [5, 5.41) is 3.04. The normalized spacial score (nSPS) is 10.6. The third kappa shape index (κ3) is 3.27. The molecule has 3 N–H and O–H groups in total. The average Bonchev–Trinajstić information content (AvgIpc) is 2.82. The molecule has 0 aliphatic heterocycles. The summed E-state index contributed by atoms with van der Waals surface area (Å²) in [5.74, 6) is -0.107. The van der Waals surface area contributed by atoms with Gasteiger partial charge in [0, 0.05) is 18.4 Å². The highest BCUT2D eigenvalue weighted by molar-refractivity contribution is 6.04. The predicted molar refractivity (Wildman–Crippen MR) is 87.6 cm³/mol. The van der Waals surface area contributed by atoms with Crippen LogP contribution in [0.3, 0.4) is 0 Å². The van der Waals surface area contributed by atoms with Gasteiger partial charge in [0.2, 0.25) is 0 Å². The van der Waals surface area contributed by atoms with Crippen molar-refractivity contribution in [2.24, 2.45) is 0 Å². The van der Waals surface area contributed by atoms with E-state index in [2.05, 4.69) is 19.2 Å². The van der Waals surface area contributed by atoms with Gasteiger partial charge in [0.25, 0.3) is 5.91 Å². The van der Waals surface area contributed by atoms with Gasteiger partial charge in [-0.3, -0.25) is 4.79 Å². The van der Waals surface area contributed by atoms with Crippen LogP contribution in [0, 0.1) is 6.92 Å². The van der Waals surface area contributed by atoms with Crippen molar-refractivity contribution >= 4 is 17.3 Å². The number of hydrogen-bond acceptors (Lipinski definition) is 2. The van der Waals surface area contributed by atoms with Crippen molar-refractivity contribution in [3.63, 3.8) is 0 Å². The molecule has 2 rings (SSSR count). The average molecular weight is 285 g/mol. The fourth-order valence-electron chi connectivity index (χ4n) is 2.53. The monoisotopic (exact) mass is 285 g/mol. The fraction of sp³-hybridized carbons (Fsp3) is 0.353. The van der Waals surface area contributed by atoms with Gasteiger partial charge in [0.15, 0.2) is 0 Å². The number of nitrogens with zero attached hydrogens (tertiary/aromatic N) is 1. The highest BCUT2D eigenvalue weighted by atomic mass is 16.1. The summed E-state index contributed by atoms with van der Waals surface area (Å²) >= 11 is 0. The van der Waals surface area contributed by atoms with Crippen molar-refractivity contribution in [3.05, 3.63) is 47.3 Å². The summed E-state index contributed by atoms with van der Waals surface area (Å²) in [6, 6.07) is 7.80. The van der Waals surface area contributed by atoms with E-state index in [-0.39, 0.29) is 5.91 Å². The molecule has 0 atom stereocenters. The number of carbonyl (C=O) groups excluding carboxylic acids is 1. The van der Waals surface area contributed by atoms with E-state index in [1.807, 2.05) is 35.9 Å². The molecule has 0 saturated carbocycles. The van der Waals surface area contributed by atoms with Crippen LogP contribution in [0.5, 0.6) is 0 Å². The fourth-order valence-corrected chi connectivity index (χ4v) is 2.53. The van der Waals surface area contributed by atoms with Crippen LogP contribution >= 0.6 is 0 Å². The van der Waals surface area contributed by atoms with Crippen LogP contribution in [-0.2, 0) is 13.0 Å². The lowest BCUT2D eigenvalue weighted by molar-refractivity contribution is 0.101. The molecule has 4 heteroatoms. The molecule has 1 heterocycles. The minimum absolute atomic E-state index is 0.107. The zero-order valence-corrected chi connectivity index (χ0v) is 12.9. The number of aromatic nitrogens is 1. The number of nitrogens with one attached hydrogen (secondary N) is 1. The zero-order chi connectivity index (χ0) is 15.4. The lowest BCUT2D eigenvalue weighted by Gasteiger charge is -2.14. The van der Waals surface area contributed by atoms with Crippen molar-refractivity contribution in [1.82, 2.24) is 4.57 Å². The Bertz CT molecular complexity index is 643. The molecule has 0 radical (unpaired) electrons. The van der Waals surface area contributed by atoms with Gasteiger partial charge in [-0.2, -0.15) is 0 Å². The molecule has 0 saturated heterocycles. The largest absolute Gasteiger partial charge is 0.397 e. The second kappa shape index (κ2) is 6.48. The number of carbonyl (C=O) groups is 1. The predicted octanol–water partition coefficient (Wildman–Crippen LogP) is 3.60. The Balaban J connectivity index is 2.30. The Hall–Kier alpha value is -2.23. The van der Waals surface area contributed by atoms with Crippen LogP contribution in [0.2, 0.25) is 0 Å². The molecule has 0 spiro atoms. The number of aryl methyl sites for hydroxylation is 3. The molecule has 112 valence electrons. The topological polar surface area (TPSA) is 60.0 Å². The number of anilines is 2. The Labute approximate surface area is 126 Å². The van der Waals surface area contributed by atoms with Crippen LogP contribution in [0.15, 0.2) is 30.5 Å². The first-order valence-electron chi connectivity index (χ1n) is 7.42. The van der Waals surface area contributed by atoms with Crippen LogP contribution in [0.4, 0.5) is 11.4 Å². The lowest BCUT2D eigenvalue weighted by Crippen LogP contribution is -2.18. The third-order valence-electron chi connectivity index (χ3n) is 3.59. The van der Waals surface area contributed by atoms with Crippen molar-refractivity contribution in [2.75, 3.05) is 11.1 Å². The van der Waals surface area contributed by atoms with E-state index in [1.165, 1.54) is 0 Å². The molecule has 0 fully saturated rings. The zero-order valence-electron chi connectivity index (χ0n) is 12.9. The Morgan fingerprint density at radius 1 is 1.33 bits per heavy atom. The first-order valence-corrected chi connectivity index (χ1v) is 7.42. The highest BCUT2D eigenvalue weighted by Crippen LogP contribution is 2.22. The summed E-state index contributed by atoms with van der Waals surface area (Å²) in [7, 11) is 0. The van der Waals surface area contributed by atoms with Crippen molar-refractivity contribution < 1.29 is 4.79 Å². The molecule has 1 aromatic heterocycles. The minimum Gasteiger partial charge on any atom is -0.397 e. The Kier molecular flexibility index (Phi) is 4.68. The van der Waals surface area contributed by atoms with Crippen molar-refractivity contribution in [3.8, 4) is 0 Å². The van der Waals surface area contributed by atoms with Gasteiger partial charge in [0.05, 0.1) is 5.69 Å².